The van der Waals surface area contributed by atoms with Crippen LogP contribution >= 0.6 is 39.3 Å². The van der Waals surface area contributed by atoms with Crippen molar-refractivity contribution in [1.29, 1.82) is 0 Å². The number of halogens is 2. The summed E-state index contributed by atoms with van der Waals surface area (Å²) in [5.41, 5.74) is 0. The fourth-order valence-corrected chi connectivity index (χ4v) is 2.60. The van der Waals surface area contributed by atoms with E-state index in [1.54, 1.807) is 18.0 Å². The molecule has 0 saturated carbocycles. The van der Waals surface area contributed by atoms with Gasteiger partial charge in [-0.15, -0.1) is 0 Å². The van der Waals surface area contributed by atoms with Crippen LogP contribution in [0.25, 0.3) is 0 Å². The van der Waals surface area contributed by atoms with Crippen LogP contribution in [0.4, 0.5) is 0 Å². The van der Waals surface area contributed by atoms with Gasteiger partial charge in [0.1, 0.15) is 5.03 Å². The molecule has 0 spiro atoms. The number of nitrogens with zero attached hydrogens (tertiary/aromatic N) is 1. The van der Waals surface area contributed by atoms with Crippen molar-refractivity contribution in [3.05, 3.63) is 52.1 Å². The average Bonchev–Trinajstić information content (AvgIpc) is 2.24. The highest BCUT2D eigenvalue weighted by Crippen LogP contribution is 2.32. The van der Waals surface area contributed by atoms with Crippen molar-refractivity contribution >= 4 is 39.3 Å². The van der Waals surface area contributed by atoms with Crippen molar-refractivity contribution < 1.29 is 0 Å². The second-order valence-corrected chi connectivity index (χ2v) is 5.24. The summed E-state index contributed by atoms with van der Waals surface area (Å²) in [6.07, 6.45) is 1.75. The summed E-state index contributed by atoms with van der Waals surface area (Å²) in [5.74, 6) is 0. The molecule has 0 N–H and O–H groups in total. The van der Waals surface area contributed by atoms with E-state index in [1.165, 1.54) is 0 Å². The molecule has 0 aliphatic carbocycles. The highest BCUT2D eigenvalue weighted by Gasteiger charge is 2.04. The monoisotopic (exact) mass is 299 g/mol. The van der Waals surface area contributed by atoms with Crippen LogP contribution in [-0.2, 0) is 0 Å². The Bertz CT molecular complexity index is 461. The van der Waals surface area contributed by atoms with Crippen molar-refractivity contribution in [2.24, 2.45) is 0 Å². The van der Waals surface area contributed by atoms with Gasteiger partial charge in [0.15, 0.2) is 0 Å². The Morgan fingerprint density at radius 3 is 2.60 bits per heavy atom. The van der Waals surface area contributed by atoms with Gasteiger partial charge in [0.05, 0.1) is 5.02 Å². The number of hydrogen-bond acceptors (Lipinski definition) is 2. The molecule has 4 heteroatoms. The molecule has 0 atom stereocenters. The Labute approximate surface area is 106 Å². The maximum atomic E-state index is 6.07. The molecule has 2 aromatic rings. The SMILES string of the molecule is Clc1cc(Br)cnc1Sc1ccccc1. The maximum absolute atomic E-state index is 6.07. The molecule has 0 unspecified atom stereocenters. The van der Waals surface area contributed by atoms with Crippen LogP contribution < -0.4 is 0 Å². The fraction of sp³-hybridized carbons (Fsp3) is 0. The molecule has 1 nitrogen and oxygen atoms in total. The molecule has 0 fully saturated rings. The lowest BCUT2D eigenvalue weighted by atomic mass is 10.4. The highest BCUT2D eigenvalue weighted by atomic mass is 79.9. The summed E-state index contributed by atoms with van der Waals surface area (Å²) in [7, 11) is 0. The Morgan fingerprint density at radius 2 is 1.93 bits per heavy atom. The minimum absolute atomic E-state index is 0.665. The van der Waals surface area contributed by atoms with Gasteiger partial charge in [-0.25, -0.2) is 4.98 Å². The Hall–Kier alpha value is -0.510. The zero-order valence-electron chi connectivity index (χ0n) is 7.65. The van der Waals surface area contributed by atoms with Gasteiger partial charge in [0.25, 0.3) is 0 Å². The van der Waals surface area contributed by atoms with Gasteiger partial charge in [-0.1, -0.05) is 41.6 Å². The largest absolute Gasteiger partial charge is 0.247 e. The molecule has 15 heavy (non-hydrogen) atoms. The van der Waals surface area contributed by atoms with Crippen LogP contribution in [0.5, 0.6) is 0 Å². The third kappa shape index (κ3) is 2.97. The van der Waals surface area contributed by atoms with Crippen LogP contribution in [0.3, 0.4) is 0 Å². The lowest BCUT2D eigenvalue weighted by Crippen LogP contribution is -1.81. The first kappa shape index (κ1) is 11.0. The van der Waals surface area contributed by atoms with Crippen molar-refractivity contribution in [3.63, 3.8) is 0 Å². The number of benzene rings is 1. The molecule has 0 radical (unpaired) electrons. The van der Waals surface area contributed by atoms with Crippen LogP contribution in [0.2, 0.25) is 5.02 Å². The third-order valence-corrected chi connectivity index (χ3v) is 3.59. The fourth-order valence-electron chi connectivity index (χ4n) is 1.08. The molecule has 0 bridgehead atoms. The summed E-state index contributed by atoms with van der Waals surface area (Å²) in [6.45, 7) is 0. The standard InChI is InChI=1S/C11H7BrClNS/c12-8-6-10(13)11(14-7-8)15-9-4-2-1-3-5-9/h1-7H. The van der Waals surface area contributed by atoms with Crippen molar-refractivity contribution in [2.75, 3.05) is 0 Å². The first-order chi connectivity index (χ1) is 7.25. The van der Waals surface area contributed by atoms with E-state index in [1.807, 2.05) is 36.4 Å². The smallest absolute Gasteiger partial charge is 0.119 e. The average molecular weight is 301 g/mol. The normalized spacial score (nSPS) is 10.3. The van der Waals surface area contributed by atoms with Gasteiger partial charge in [0, 0.05) is 15.6 Å². The lowest BCUT2D eigenvalue weighted by molar-refractivity contribution is 1.12. The number of pyridine rings is 1. The summed E-state index contributed by atoms with van der Waals surface area (Å²) in [4.78, 5) is 5.39. The molecule has 0 aliphatic heterocycles. The van der Waals surface area contributed by atoms with E-state index in [-0.39, 0.29) is 0 Å². The Kier molecular flexibility index (Phi) is 3.67. The first-order valence-corrected chi connectivity index (χ1v) is 6.28. The summed E-state index contributed by atoms with van der Waals surface area (Å²) < 4.78 is 0.893. The topological polar surface area (TPSA) is 12.9 Å². The van der Waals surface area contributed by atoms with Crippen LogP contribution in [0, 0.1) is 0 Å². The van der Waals surface area contributed by atoms with E-state index < -0.39 is 0 Å². The van der Waals surface area contributed by atoms with Crippen molar-refractivity contribution in [3.8, 4) is 0 Å². The van der Waals surface area contributed by atoms with Crippen molar-refractivity contribution in [1.82, 2.24) is 4.98 Å². The van der Waals surface area contributed by atoms with E-state index in [0.29, 0.717) is 5.02 Å². The van der Waals surface area contributed by atoms with Gasteiger partial charge in [-0.3, -0.25) is 0 Å². The van der Waals surface area contributed by atoms with E-state index in [9.17, 15) is 0 Å². The van der Waals surface area contributed by atoms with E-state index >= 15 is 0 Å². The van der Waals surface area contributed by atoms with E-state index in [0.717, 1.165) is 14.4 Å². The molecular formula is C11H7BrClNS. The molecule has 0 saturated heterocycles. The number of aromatic nitrogens is 1. The zero-order valence-corrected chi connectivity index (χ0v) is 10.8. The summed E-state index contributed by atoms with van der Waals surface area (Å²) in [5, 5.41) is 1.49. The van der Waals surface area contributed by atoms with Gasteiger partial charge >= 0.3 is 0 Å². The van der Waals surface area contributed by atoms with Gasteiger partial charge in [0.2, 0.25) is 0 Å². The van der Waals surface area contributed by atoms with E-state index in [4.69, 9.17) is 11.6 Å². The number of rotatable bonds is 2. The van der Waals surface area contributed by atoms with Crippen molar-refractivity contribution in [2.45, 2.75) is 9.92 Å². The maximum Gasteiger partial charge on any atom is 0.119 e. The molecule has 1 aromatic carbocycles. The number of hydrogen-bond donors (Lipinski definition) is 0. The second-order valence-electron chi connectivity index (χ2n) is 2.86. The highest BCUT2D eigenvalue weighted by molar-refractivity contribution is 9.10. The summed E-state index contributed by atoms with van der Waals surface area (Å²) >= 11 is 11.0. The second kappa shape index (κ2) is 5.01. The Balaban J connectivity index is 2.25. The first-order valence-electron chi connectivity index (χ1n) is 4.29. The summed E-state index contributed by atoms with van der Waals surface area (Å²) in [6, 6.07) is 11.9. The molecular weight excluding hydrogens is 294 g/mol. The van der Waals surface area contributed by atoms with Crippen LogP contribution in [0.1, 0.15) is 0 Å². The quantitative estimate of drug-likeness (QED) is 0.801. The van der Waals surface area contributed by atoms with Gasteiger partial charge < -0.3 is 0 Å². The van der Waals surface area contributed by atoms with Gasteiger partial charge in [-0.2, -0.15) is 0 Å². The van der Waals surface area contributed by atoms with E-state index in [2.05, 4.69) is 20.9 Å². The minimum Gasteiger partial charge on any atom is -0.247 e. The molecule has 0 aliphatic rings. The lowest BCUT2D eigenvalue weighted by Gasteiger charge is -2.02. The van der Waals surface area contributed by atoms with Crippen LogP contribution in [0.15, 0.2) is 57.0 Å². The predicted octanol–water partition coefficient (Wildman–Crippen LogP) is 4.65. The zero-order chi connectivity index (χ0) is 10.7. The molecule has 1 heterocycles. The van der Waals surface area contributed by atoms with Crippen LogP contribution in [-0.4, -0.2) is 4.98 Å². The molecule has 2 rings (SSSR count). The van der Waals surface area contributed by atoms with Gasteiger partial charge in [-0.05, 0) is 34.1 Å². The Morgan fingerprint density at radius 1 is 1.20 bits per heavy atom. The molecule has 76 valence electrons. The predicted molar refractivity (Wildman–Crippen MR) is 67.5 cm³/mol. The molecule has 1 aromatic heterocycles. The molecule has 0 amide bonds. The minimum atomic E-state index is 0.665. The third-order valence-electron chi connectivity index (χ3n) is 1.73.